The molecule has 0 aromatic heterocycles. The highest BCUT2D eigenvalue weighted by Gasteiger charge is 2.19. The maximum atomic E-state index is 11.9. The Morgan fingerprint density at radius 3 is 2.42 bits per heavy atom. The predicted octanol–water partition coefficient (Wildman–Crippen LogP) is 1.57. The van der Waals surface area contributed by atoms with Crippen LogP contribution in [-0.2, 0) is 9.59 Å². The van der Waals surface area contributed by atoms with E-state index in [4.69, 9.17) is 26.8 Å². The van der Waals surface area contributed by atoms with Gasteiger partial charge in [0, 0.05) is 12.1 Å². The van der Waals surface area contributed by atoms with Crippen molar-refractivity contribution in [1.29, 1.82) is 0 Å². The summed E-state index contributed by atoms with van der Waals surface area (Å²) in [5.74, 6) is 0.263. The number of carbonyl (C=O) groups excluding carboxylic acids is 2. The van der Waals surface area contributed by atoms with Gasteiger partial charge in [0.25, 0.3) is 0 Å². The number of benzene rings is 1. The van der Waals surface area contributed by atoms with Gasteiger partial charge in [-0.15, -0.1) is 12.4 Å². The molecule has 1 atom stereocenters. The zero-order chi connectivity index (χ0) is 17.0. The van der Waals surface area contributed by atoms with Gasteiger partial charge in [0.2, 0.25) is 11.8 Å². The summed E-state index contributed by atoms with van der Waals surface area (Å²) >= 11 is 6.10. The number of amides is 2. The lowest BCUT2D eigenvalue weighted by molar-refractivity contribution is -0.125. The molecule has 7 nitrogen and oxygen atoms in total. The monoisotopic (exact) mass is 377 g/mol. The number of nitrogens with one attached hydrogen (secondary N) is 2. The molecule has 24 heavy (non-hydrogen) atoms. The highest BCUT2D eigenvalue weighted by Crippen LogP contribution is 2.37. The van der Waals surface area contributed by atoms with E-state index in [0.29, 0.717) is 35.4 Å². The SMILES string of the molecule is CC(C)[C@H](N)C(=O)NCC(=O)Nc1cc2c(cc1Cl)OCCO2.Cl. The van der Waals surface area contributed by atoms with E-state index in [9.17, 15) is 9.59 Å². The van der Waals surface area contributed by atoms with Gasteiger partial charge in [-0.05, 0) is 5.92 Å². The van der Waals surface area contributed by atoms with Gasteiger partial charge in [0.05, 0.1) is 23.3 Å². The molecule has 1 aromatic carbocycles. The number of hydrogen-bond acceptors (Lipinski definition) is 5. The molecule has 1 aliphatic heterocycles. The molecule has 4 N–H and O–H groups in total. The van der Waals surface area contributed by atoms with Crippen molar-refractivity contribution in [2.24, 2.45) is 11.7 Å². The molecule has 0 fully saturated rings. The molecule has 0 saturated heterocycles. The van der Waals surface area contributed by atoms with Gasteiger partial charge in [-0.3, -0.25) is 9.59 Å². The largest absolute Gasteiger partial charge is 0.486 e. The lowest BCUT2D eigenvalue weighted by Gasteiger charge is -2.20. The molecule has 1 aromatic rings. The standard InChI is InChI=1S/C15H20ClN3O4.ClH/c1-8(2)14(17)15(21)18-7-13(20)19-10-6-12-11(5-9(10)16)22-3-4-23-12;/h5-6,8,14H,3-4,7,17H2,1-2H3,(H,18,21)(H,19,20);1H/t14-;/m0./s1. The fourth-order valence-electron chi connectivity index (χ4n) is 1.94. The Balaban J connectivity index is 0.00000288. The summed E-state index contributed by atoms with van der Waals surface area (Å²) in [6, 6.07) is 2.52. The topological polar surface area (TPSA) is 103 Å². The zero-order valence-electron chi connectivity index (χ0n) is 13.4. The number of carbonyl (C=O) groups is 2. The van der Waals surface area contributed by atoms with E-state index >= 15 is 0 Å². The first-order valence-electron chi connectivity index (χ1n) is 7.30. The summed E-state index contributed by atoms with van der Waals surface area (Å²) in [5, 5.41) is 5.44. The molecule has 0 bridgehead atoms. The molecule has 1 aliphatic rings. The molecule has 1 heterocycles. The summed E-state index contributed by atoms with van der Waals surface area (Å²) in [6.07, 6.45) is 0. The highest BCUT2D eigenvalue weighted by molar-refractivity contribution is 6.34. The van der Waals surface area contributed by atoms with Crippen LogP contribution in [0.1, 0.15) is 13.8 Å². The smallest absolute Gasteiger partial charge is 0.243 e. The third kappa shape index (κ3) is 5.15. The molecular formula is C15H21Cl2N3O4. The molecule has 0 unspecified atom stereocenters. The zero-order valence-corrected chi connectivity index (χ0v) is 15.0. The van der Waals surface area contributed by atoms with Crippen LogP contribution >= 0.6 is 24.0 Å². The van der Waals surface area contributed by atoms with Crippen LogP contribution in [0.5, 0.6) is 11.5 Å². The van der Waals surface area contributed by atoms with Crippen molar-refractivity contribution in [2.45, 2.75) is 19.9 Å². The third-order valence-corrected chi connectivity index (χ3v) is 3.66. The Hall–Kier alpha value is -1.70. The van der Waals surface area contributed by atoms with Crippen LogP contribution in [0.25, 0.3) is 0 Å². The van der Waals surface area contributed by atoms with E-state index < -0.39 is 11.9 Å². The Bertz CT molecular complexity index is 611. The second-order valence-corrected chi connectivity index (χ2v) is 5.92. The van der Waals surface area contributed by atoms with Crippen LogP contribution in [-0.4, -0.2) is 37.6 Å². The van der Waals surface area contributed by atoms with Crippen LogP contribution in [0.15, 0.2) is 12.1 Å². The van der Waals surface area contributed by atoms with Crippen LogP contribution in [0.4, 0.5) is 5.69 Å². The first-order valence-corrected chi connectivity index (χ1v) is 7.68. The molecule has 0 saturated carbocycles. The summed E-state index contributed by atoms with van der Waals surface area (Å²) in [7, 11) is 0. The van der Waals surface area contributed by atoms with Gasteiger partial charge in [-0.2, -0.15) is 0 Å². The Morgan fingerprint density at radius 2 is 1.83 bits per heavy atom. The Kier molecular flexibility index (Phi) is 7.59. The van der Waals surface area contributed by atoms with Gasteiger partial charge < -0.3 is 25.8 Å². The summed E-state index contributed by atoms with van der Waals surface area (Å²) in [4.78, 5) is 23.7. The Labute approximate surface area is 151 Å². The van der Waals surface area contributed by atoms with E-state index in [0.717, 1.165) is 0 Å². The van der Waals surface area contributed by atoms with Crippen molar-refractivity contribution >= 4 is 41.5 Å². The van der Waals surface area contributed by atoms with E-state index in [1.165, 1.54) is 0 Å². The molecule has 134 valence electrons. The normalized spacial score (nSPS) is 13.7. The minimum atomic E-state index is -0.652. The van der Waals surface area contributed by atoms with E-state index in [1.807, 2.05) is 13.8 Å². The fraction of sp³-hybridized carbons (Fsp3) is 0.467. The van der Waals surface area contributed by atoms with Crippen LogP contribution in [0.2, 0.25) is 5.02 Å². The Morgan fingerprint density at radius 1 is 1.25 bits per heavy atom. The molecule has 0 spiro atoms. The number of fused-ring (bicyclic) bond motifs is 1. The minimum absolute atomic E-state index is 0. The maximum absolute atomic E-state index is 11.9. The summed E-state index contributed by atoms with van der Waals surface area (Å²) < 4.78 is 10.8. The predicted molar refractivity (Wildman–Crippen MR) is 94.1 cm³/mol. The van der Waals surface area contributed by atoms with Crippen LogP contribution < -0.4 is 25.8 Å². The minimum Gasteiger partial charge on any atom is -0.486 e. The van der Waals surface area contributed by atoms with Crippen LogP contribution in [0, 0.1) is 5.92 Å². The van der Waals surface area contributed by atoms with E-state index in [1.54, 1.807) is 12.1 Å². The molecular weight excluding hydrogens is 357 g/mol. The van der Waals surface area contributed by atoms with Gasteiger partial charge >= 0.3 is 0 Å². The highest BCUT2D eigenvalue weighted by atomic mass is 35.5. The second kappa shape index (κ2) is 8.96. The number of rotatable bonds is 5. The first-order chi connectivity index (χ1) is 10.9. The summed E-state index contributed by atoms with van der Waals surface area (Å²) in [5.41, 5.74) is 6.10. The van der Waals surface area contributed by atoms with Gasteiger partial charge in [0.1, 0.15) is 13.2 Å². The van der Waals surface area contributed by atoms with E-state index in [2.05, 4.69) is 10.6 Å². The quantitative estimate of drug-likeness (QED) is 0.722. The lowest BCUT2D eigenvalue weighted by Crippen LogP contribution is -2.46. The molecule has 2 rings (SSSR count). The number of nitrogens with two attached hydrogens (primary N) is 1. The van der Waals surface area contributed by atoms with Crippen molar-refractivity contribution < 1.29 is 19.1 Å². The molecule has 2 amide bonds. The second-order valence-electron chi connectivity index (χ2n) is 5.51. The average molecular weight is 378 g/mol. The van der Waals surface area contributed by atoms with E-state index in [-0.39, 0.29) is 30.8 Å². The molecule has 0 aliphatic carbocycles. The molecule has 9 heteroatoms. The van der Waals surface area contributed by atoms with Crippen molar-refractivity contribution in [3.8, 4) is 11.5 Å². The van der Waals surface area contributed by atoms with Crippen LogP contribution in [0.3, 0.4) is 0 Å². The summed E-state index contributed by atoms with van der Waals surface area (Å²) in [6.45, 7) is 4.37. The number of hydrogen-bond donors (Lipinski definition) is 3. The lowest BCUT2D eigenvalue weighted by atomic mass is 10.1. The van der Waals surface area contributed by atoms with Crippen molar-refractivity contribution in [3.63, 3.8) is 0 Å². The number of halogens is 2. The number of ether oxygens (including phenoxy) is 2. The van der Waals surface area contributed by atoms with Gasteiger partial charge in [-0.25, -0.2) is 0 Å². The molecule has 0 radical (unpaired) electrons. The average Bonchev–Trinajstić information content (AvgIpc) is 2.52. The number of anilines is 1. The van der Waals surface area contributed by atoms with Crippen molar-refractivity contribution in [3.05, 3.63) is 17.2 Å². The van der Waals surface area contributed by atoms with Gasteiger partial charge in [-0.1, -0.05) is 25.4 Å². The van der Waals surface area contributed by atoms with Crippen molar-refractivity contribution in [2.75, 3.05) is 25.1 Å². The first kappa shape index (κ1) is 20.3. The third-order valence-electron chi connectivity index (χ3n) is 3.35. The van der Waals surface area contributed by atoms with Gasteiger partial charge in [0.15, 0.2) is 11.5 Å². The fourth-order valence-corrected chi connectivity index (χ4v) is 2.14. The maximum Gasteiger partial charge on any atom is 0.243 e. The van der Waals surface area contributed by atoms with Crippen molar-refractivity contribution in [1.82, 2.24) is 5.32 Å².